The van der Waals surface area contributed by atoms with Gasteiger partial charge in [-0.3, -0.25) is 4.79 Å². The van der Waals surface area contributed by atoms with Crippen LogP contribution in [0.3, 0.4) is 0 Å². The third-order valence-corrected chi connectivity index (χ3v) is 5.43. The number of hydrogen-bond donors (Lipinski definition) is 1. The molecule has 1 aliphatic rings. The van der Waals surface area contributed by atoms with Gasteiger partial charge < -0.3 is 14.7 Å². The standard InChI is InChI=1S/C15H19NO6S/c1-16(15(19)12-6-7-23(20,21)10-12)8-11-2-4-13(5-3-11)22-9-14(17)18/h2-5,12H,6-10H2,1H3,(H,17,18)/t12-/m1/s1. The maximum absolute atomic E-state index is 12.3. The molecule has 126 valence electrons. The number of ether oxygens (including phenoxy) is 1. The molecule has 1 aliphatic heterocycles. The first-order chi connectivity index (χ1) is 10.8. The number of hydrogen-bond acceptors (Lipinski definition) is 5. The molecule has 2 rings (SSSR count). The van der Waals surface area contributed by atoms with Gasteiger partial charge in [-0.05, 0) is 24.1 Å². The summed E-state index contributed by atoms with van der Waals surface area (Å²) in [6.07, 6.45) is 0.382. The molecule has 7 nitrogen and oxygen atoms in total. The summed E-state index contributed by atoms with van der Waals surface area (Å²) < 4.78 is 27.9. The van der Waals surface area contributed by atoms with Gasteiger partial charge in [0.1, 0.15) is 5.75 Å². The fraction of sp³-hybridized carbons (Fsp3) is 0.467. The lowest BCUT2D eigenvalue weighted by Gasteiger charge is -2.20. The second-order valence-electron chi connectivity index (χ2n) is 5.62. The number of sulfone groups is 1. The number of carbonyl (C=O) groups excluding carboxylic acids is 1. The fourth-order valence-electron chi connectivity index (χ4n) is 2.49. The van der Waals surface area contributed by atoms with Crippen molar-refractivity contribution < 1.29 is 27.9 Å². The van der Waals surface area contributed by atoms with Gasteiger partial charge in [0.2, 0.25) is 5.91 Å². The Hall–Kier alpha value is -2.09. The molecular formula is C15H19NO6S. The summed E-state index contributed by atoms with van der Waals surface area (Å²) in [6.45, 7) is -0.0531. The Morgan fingerprint density at radius 3 is 2.48 bits per heavy atom. The van der Waals surface area contributed by atoms with Crippen LogP contribution in [0.1, 0.15) is 12.0 Å². The van der Waals surface area contributed by atoms with Crippen molar-refractivity contribution in [3.63, 3.8) is 0 Å². The summed E-state index contributed by atoms with van der Waals surface area (Å²) in [5.41, 5.74) is 0.851. The maximum Gasteiger partial charge on any atom is 0.341 e. The zero-order valence-electron chi connectivity index (χ0n) is 12.8. The van der Waals surface area contributed by atoms with Crippen LogP contribution in [0, 0.1) is 5.92 Å². The second-order valence-corrected chi connectivity index (χ2v) is 7.85. The van der Waals surface area contributed by atoms with Gasteiger partial charge in [0.25, 0.3) is 0 Å². The van der Waals surface area contributed by atoms with Crippen molar-refractivity contribution >= 4 is 21.7 Å². The van der Waals surface area contributed by atoms with E-state index in [-0.39, 0.29) is 17.4 Å². The molecule has 0 unspecified atom stereocenters. The Bertz CT molecular complexity index is 682. The Kier molecular flexibility index (Phi) is 5.25. The first kappa shape index (κ1) is 17.3. The van der Waals surface area contributed by atoms with Gasteiger partial charge in [0.15, 0.2) is 16.4 Å². The van der Waals surface area contributed by atoms with E-state index < -0.39 is 28.3 Å². The molecule has 1 heterocycles. The van der Waals surface area contributed by atoms with E-state index in [2.05, 4.69) is 0 Å². The van der Waals surface area contributed by atoms with Crippen LogP contribution in [0.25, 0.3) is 0 Å². The number of nitrogens with zero attached hydrogens (tertiary/aromatic N) is 1. The summed E-state index contributed by atoms with van der Waals surface area (Å²) >= 11 is 0. The van der Waals surface area contributed by atoms with E-state index in [1.54, 1.807) is 31.3 Å². The summed E-state index contributed by atoms with van der Waals surface area (Å²) in [5, 5.41) is 8.54. The van der Waals surface area contributed by atoms with Gasteiger partial charge in [0, 0.05) is 13.6 Å². The Morgan fingerprint density at radius 2 is 1.96 bits per heavy atom. The highest BCUT2D eigenvalue weighted by Gasteiger charge is 2.34. The highest BCUT2D eigenvalue weighted by molar-refractivity contribution is 7.91. The first-order valence-electron chi connectivity index (χ1n) is 7.16. The average Bonchev–Trinajstić information content (AvgIpc) is 2.85. The minimum Gasteiger partial charge on any atom is -0.482 e. The van der Waals surface area contributed by atoms with Gasteiger partial charge in [-0.15, -0.1) is 0 Å². The number of carboxylic acid groups (broad SMARTS) is 1. The molecule has 1 amide bonds. The predicted octanol–water partition coefficient (Wildman–Crippen LogP) is 0.543. The lowest BCUT2D eigenvalue weighted by molar-refractivity contribution is -0.139. The van der Waals surface area contributed by atoms with Crippen molar-refractivity contribution in [2.45, 2.75) is 13.0 Å². The lowest BCUT2D eigenvalue weighted by atomic mass is 10.1. The largest absolute Gasteiger partial charge is 0.482 e. The minimum atomic E-state index is -3.08. The number of rotatable bonds is 6. The van der Waals surface area contributed by atoms with Crippen LogP contribution >= 0.6 is 0 Å². The minimum absolute atomic E-state index is 0.0713. The smallest absolute Gasteiger partial charge is 0.341 e. The number of carboxylic acids is 1. The Labute approximate surface area is 134 Å². The van der Waals surface area contributed by atoms with E-state index in [0.717, 1.165) is 5.56 Å². The van der Waals surface area contributed by atoms with Crippen molar-refractivity contribution in [3.8, 4) is 5.75 Å². The van der Waals surface area contributed by atoms with E-state index in [1.165, 1.54) is 4.90 Å². The molecule has 1 saturated heterocycles. The number of amides is 1. The van der Waals surface area contributed by atoms with Gasteiger partial charge in [-0.25, -0.2) is 13.2 Å². The Morgan fingerprint density at radius 1 is 1.30 bits per heavy atom. The fourth-order valence-corrected chi connectivity index (χ4v) is 4.22. The van der Waals surface area contributed by atoms with Crippen LogP contribution in [0.4, 0.5) is 0 Å². The van der Waals surface area contributed by atoms with E-state index in [9.17, 15) is 18.0 Å². The predicted molar refractivity (Wildman–Crippen MR) is 82.8 cm³/mol. The van der Waals surface area contributed by atoms with Crippen LogP contribution in [-0.4, -0.2) is 55.5 Å². The van der Waals surface area contributed by atoms with Crippen LogP contribution in [0.15, 0.2) is 24.3 Å². The molecule has 0 radical (unpaired) electrons. The normalized spacial score (nSPS) is 19.3. The third kappa shape index (κ3) is 4.95. The van der Waals surface area contributed by atoms with E-state index in [0.29, 0.717) is 18.7 Å². The molecule has 1 aromatic rings. The molecule has 8 heteroatoms. The number of carbonyl (C=O) groups is 2. The summed E-state index contributed by atoms with van der Waals surface area (Å²) in [6, 6.07) is 6.76. The van der Waals surface area contributed by atoms with Crippen molar-refractivity contribution in [3.05, 3.63) is 29.8 Å². The summed E-state index contributed by atoms with van der Waals surface area (Å²) in [5.74, 6) is -1.23. The van der Waals surface area contributed by atoms with Gasteiger partial charge in [-0.1, -0.05) is 12.1 Å². The molecule has 0 saturated carbocycles. The van der Waals surface area contributed by atoms with Gasteiger partial charge in [0.05, 0.1) is 17.4 Å². The zero-order chi connectivity index (χ0) is 17.0. The topological polar surface area (TPSA) is 101 Å². The number of benzene rings is 1. The van der Waals surface area contributed by atoms with Crippen LogP contribution in [0.2, 0.25) is 0 Å². The SMILES string of the molecule is CN(Cc1ccc(OCC(=O)O)cc1)C(=O)[C@@H]1CCS(=O)(=O)C1. The lowest BCUT2D eigenvalue weighted by Crippen LogP contribution is -2.33. The molecule has 23 heavy (non-hydrogen) atoms. The monoisotopic (exact) mass is 341 g/mol. The van der Waals surface area contributed by atoms with E-state index >= 15 is 0 Å². The molecule has 0 aliphatic carbocycles. The summed E-state index contributed by atoms with van der Waals surface area (Å²) in [4.78, 5) is 24.2. The van der Waals surface area contributed by atoms with Gasteiger partial charge in [-0.2, -0.15) is 0 Å². The van der Waals surface area contributed by atoms with Crippen molar-refractivity contribution in [1.82, 2.24) is 4.90 Å². The van der Waals surface area contributed by atoms with Crippen LogP contribution in [-0.2, 0) is 26.0 Å². The molecular weight excluding hydrogens is 322 g/mol. The van der Waals surface area contributed by atoms with Crippen LogP contribution in [0.5, 0.6) is 5.75 Å². The van der Waals surface area contributed by atoms with Gasteiger partial charge >= 0.3 is 5.97 Å². The second kappa shape index (κ2) is 6.99. The molecule has 0 bridgehead atoms. The highest BCUT2D eigenvalue weighted by atomic mass is 32.2. The maximum atomic E-state index is 12.3. The number of aliphatic carboxylic acids is 1. The molecule has 0 spiro atoms. The van der Waals surface area contributed by atoms with Crippen molar-refractivity contribution in [2.24, 2.45) is 5.92 Å². The third-order valence-electron chi connectivity index (χ3n) is 3.66. The molecule has 0 aromatic heterocycles. The quantitative estimate of drug-likeness (QED) is 0.810. The first-order valence-corrected chi connectivity index (χ1v) is 8.98. The zero-order valence-corrected chi connectivity index (χ0v) is 13.6. The molecule has 1 N–H and O–H groups in total. The van der Waals surface area contributed by atoms with E-state index in [1.807, 2.05) is 0 Å². The average molecular weight is 341 g/mol. The van der Waals surface area contributed by atoms with E-state index in [4.69, 9.17) is 9.84 Å². The highest BCUT2D eigenvalue weighted by Crippen LogP contribution is 2.21. The summed E-state index contributed by atoms with van der Waals surface area (Å²) in [7, 11) is -1.44. The molecule has 1 atom stereocenters. The van der Waals surface area contributed by atoms with Crippen molar-refractivity contribution in [1.29, 1.82) is 0 Å². The Balaban J connectivity index is 1.91. The molecule has 1 fully saturated rings. The van der Waals surface area contributed by atoms with Crippen LogP contribution < -0.4 is 4.74 Å². The van der Waals surface area contributed by atoms with Crippen molar-refractivity contribution in [2.75, 3.05) is 25.2 Å². The molecule has 1 aromatic carbocycles.